The Kier molecular flexibility index (Phi) is 5.67. The summed E-state index contributed by atoms with van der Waals surface area (Å²) in [5, 5.41) is 3.51. The first-order chi connectivity index (χ1) is 9.94. The zero-order chi connectivity index (χ0) is 15.5. The predicted molar refractivity (Wildman–Crippen MR) is 85.2 cm³/mol. The molecule has 0 bridgehead atoms. The Hall–Kier alpha value is -0.610. The van der Waals surface area contributed by atoms with Gasteiger partial charge >= 0.3 is 5.97 Å². The highest BCUT2D eigenvalue weighted by molar-refractivity contribution is 5.80. The monoisotopic (exact) mass is 296 g/mol. The first-order valence-corrected chi connectivity index (χ1v) is 8.62. The van der Waals surface area contributed by atoms with Crippen molar-refractivity contribution in [3.63, 3.8) is 0 Å². The summed E-state index contributed by atoms with van der Waals surface area (Å²) in [6, 6.07) is 0.515. The van der Waals surface area contributed by atoms with Crippen molar-refractivity contribution in [2.45, 2.75) is 65.0 Å². The minimum Gasteiger partial charge on any atom is -0.465 e. The number of rotatable bonds is 8. The van der Waals surface area contributed by atoms with Crippen LogP contribution in [0.3, 0.4) is 0 Å². The van der Waals surface area contributed by atoms with Crippen molar-refractivity contribution in [1.82, 2.24) is 10.2 Å². The molecule has 1 heterocycles. The third kappa shape index (κ3) is 4.68. The fourth-order valence-electron chi connectivity index (χ4n) is 3.19. The van der Waals surface area contributed by atoms with Crippen molar-refractivity contribution in [2.24, 2.45) is 11.8 Å². The first kappa shape index (κ1) is 16.8. The normalized spacial score (nSPS) is 26.0. The van der Waals surface area contributed by atoms with Gasteiger partial charge in [0.15, 0.2) is 0 Å². The van der Waals surface area contributed by atoms with E-state index < -0.39 is 5.54 Å². The Morgan fingerprint density at radius 3 is 2.62 bits per heavy atom. The van der Waals surface area contributed by atoms with E-state index in [0.717, 1.165) is 24.8 Å². The summed E-state index contributed by atoms with van der Waals surface area (Å²) in [6.07, 6.45) is 4.51. The number of esters is 1. The lowest BCUT2D eigenvalue weighted by Gasteiger charge is -2.30. The van der Waals surface area contributed by atoms with Crippen LogP contribution in [0.4, 0.5) is 0 Å². The summed E-state index contributed by atoms with van der Waals surface area (Å²) in [7, 11) is 0. The lowest BCUT2D eigenvalue weighted by Crippen LogP contribution is -2.53. The van der Waals surface area contributed by atoms with E-state index in [2.05, 4.69) is 24.1 Å². The standard InChI is InChI=1S/C17H32N2O2/c1-5-21-16(20)17(4,18-15-6-7-15)9-11-19-10-8-14(12-19)13(2)3/h13-15,18H,5-12H2,1-4H3. The number of nitrogens with zero attached hydrogens (tertiary/aromatic N) is 1. The molecule has 122 valence electrons. The van der Waals surface area contributed by atoms with E-state index in [-0.39, 0.29) is 5.97 Å². The molecule has 0 aromatic carbocycles. The van der Waals surface area contributed by atoms with Crippen LogP contribution in [0.2, 0.25) is 0 Å². The molecule has 2 aliphatic rings. The van der Waals surface area contributed by atoms with Gasteiger partial charge in [0.25, 0.3) is 0 Å². The molecule has 0 aromatic heterocycles. The van der Waals surface area contributed by atoms with Gasteiger partial charge in [0.2, 0.25) is 0 Å². The van der Waals surface area contributed by atoms with E-state index in [1.54, 1.807) is 0 Å². The highest BCUT2D eigenvalue weighted by Crippen LogP contribution is 2.27. The molecule has 4 nitrogen and oxygen atoms in total. The molecule has 1 aliphatic carbocycles. The largest absolute Gasteiger partial charge is 0.465 e. The average Bonchev–Trinajstić information content (AvgIpc) is 3.10. The molecule has 2 atom stereocenters. The number of hydrogen-bond acceptors (Lipinski definition) is 4. The van der Waals surface area contributed by atoms with Crippen LogP contribution in [0.15, 0.2) is 0 Å². The van der Waals surface area contributed by atoms with Gasteiger partial charge in [-0.05, 0) is 57.9 Å². The van der Waals surface area contributed by atoms with Gasteiger partial charge in [-0.15, -0.1) is 0 Å². The molecule has 2 rings (SSSR count). The third-order valence-electron chi connectivity index (χ3n) is 5.01. The number of ether oxygens (including phenoxy) is 1. The van der Waals surface area contributed by atoms with Crippen molar-refractivity contribution in [2.75, 3.05) is 26.2 Å². The number of likely N-dealkylation sites (tertiary alicyclic amines) is 1. The Balaban J connectivity index is 1.85. The van der Waals surface area contributed by atoms with Gasteiger partial charge < -0.3 is 9.64 Å². The number of hydrogen-bond donors (Lipinski definition) is 1. The predicted octanol–water partition coefficient (Wildman–Crippen LogP) is 2.43. The second-order valence-electron chi connectivity index (χ2n) is 7.31. The molecule has 2 unspecified atom stereocenters. The van der Waals surface area contributed by atoms with Gasteiger partial charge in [-0.1, -0.05) is 13.8 Å². The van der Waals surface area contributed by atoms with E-state index in [9.17, 15) is 4.79 Å². The molecule has 1 saturated carbocycles. The zero-order valence-electron chi connectivity index (χ0n) is 14.2. The van der Waals surface area contributed by atoms with E-state index in [1.165, 1.54) is 32.4 Å². The molecule has 1 aliphatic heterocycles. The van der Waals surface area contributed by atoms with E-state index >= 15 is 0 Å². The lowest BCUT2D eigenvalue weighted by atomic mass is 9.95. The van der Waals surface area contributed by atoms with Crippen molar-refractivity contribution >= 4 is 5.97 Å². The van der Waals surface area contributed by atoms with E-state index in [1.807, 2.05) is 13.8 Å². The fraction of sp³-hybridized carbons (Fsp3) is 0.941. The minimum atomic E-state index is -0.521. The summed E-state index contributed by atoms with van der Waals surface area (Å²) >= 11 is 0. The van der Waals surface area contributed by atoms with E-state index in [0.29, 0.717) is 12.6 Å². The molecule has 4 heteroatoms. The average molecular weight is 296 g/mol. The van der Waals surface area contributed by atoms with Gasteiger partial charge in [0.1, 0.15) is 5.54 Å². The maximum atomic E-state index is 12.3. The van der Waals surface area contributed by atoms with Crippen LogP contribution in [-0.2, 0) is 9.53 Å². The Bertz CT molecular complexity index is 355. The summed E-state index contributed by atoms with van der Waals surface area (Å²) in [5.74, 6) is 1.49. The molecule has 1 N–H and O–H groups in total. The molecule has 0 aromatic rings. The number of carbonyl (C=O) groups is 1. The van der Waals surface area contributed by atoms with Gasteiger partial charge in [0.05, 0.1) is 6.61 Å². The molecule has 0 spiro atoms. The zero-order valence-corrected chi connectivity index (χ0v) is 14.2. The molecule has 1 saturated heterocycles. The molecular formula is C17H32N2O2. The lowest BCUT2D eigenvalue weighted by molar-refractivity contribution is -0.151. The summed E-state index contributed by atoms with van der Waals surface area (Å²) < 4.78 is 5.29. The van der Waals surface area contributed by atoms with Gasteiger partial charge in [-0.25, -0.2) is 0 Å². The molecular weight excluding hydrogens is 264 g/mol. The van der Waals surface area contributed by atoms with Crippen LogP contribution < -0.4 is 5.32 Å². The van der Waals surface area contributed by atoms with Crippen molar-refractivity contribution in [3.05, 3.63) is 0 Å². The van der Waals surface area contributed by atoms with Gasteiger partial charge in [-0.2, -0.15) is 0 Å². The van der Waals surface area contributed by atoms with Crippen molar-refractivity contribution < 1.29 is 9.53 Å². The summed E-state index contributed by atoms with van der Waals surface area (Å²) in [5.41, 5.74) is -0.521. The van der Waals surface area contributed by atoms with Crippen LogP contribution >= 0.6 is 0 Å². The highest BCUT2D eigenvalue weighted by atomic mass is 16.5. The minimum absolute atomic E-state index is 0.0866. The second kappa shape index (κ2) is 7.10. The summed E-state index contributed by atoms with van der Waals surface area (Å²) in [4.78, 5) is 14.8. The van der Waals surface area contributed by atoms with Crippen LogP contribution in [0, 0.1) is 11.8 Å². The van der Waals surface area contributed by atoms with Crippen LogP contribution in [0.1, 0.15) is 53.4 Å². The highest BCUT2D eigenvalue weighted by Gasteiger charge is 2.40. The van der Waals surface area contributed by atoms with Crippen molar-refractivity contribution in [1.29, 1.82) is 0 Å². The first-order valence-electron chi connectivity index (χ1n) is 8.62. The molecule has 0 amide bonds. The number of carbonyl (C=O) groups excluding carboxylic acids is 1. The second-order valence-corrected chi connectivity index (χ2v) is 7.31. The van der Waals surface area contributed by atoms with Crippen LogP contribution in [-0.4, -0.2) is 48.7 Å². The summed E-state index contributed by atoms with van der Waals surface area (Å²) in [6.45, 7) is 12.3. The van der Waals surface area contributed by atoms with Gasteiger partial charge in [-0.3, -0.25) is 10.1 Å². The maximum absolute atomic E-state index is 12.3. The van der Waals surface area contributed by atoms with Crippen molar-refractivity contribution in [3.8, 4) is 0 Å². The quantitative estimate of drug-likeness (QED) is 0.699. The fourth-order valence-corrected chi connectivity index (χ4v) is 3.19. The Labute approximate surface area is 129 Å². The number of nitrogens with one attached hydrogen (secondary N) is 1. The Morgan fingerprint density at radius 1 is 1.38 bits per heavy atom. The Morgan fingerprint density at radius 2 is 2.10 bits per heavy atom. The molecule has 0 radical (unpaired) electrons. The van der Waals surface area contributed by atoms with E-state index in [4.69, 9.17) is 4.74 Å². The SMILES string of the molecule is CCOC(=O)C(C)(CCN1CCC(C(C)C)C1)NC1CC1. The molecule has 21 heavy (non-hydrogen) atoms. The van der Waals surface area contributed by atoms with Crippen LogP contribution in [0.25, 0.3) is 0 Å². The topological polar surface area (TPSA) is 41.6 Å². The van der Waals surface area contributed by atoms with Crippen LogP contribution in [0.5, 0.6) is 0 Å². The maximum Gasteiger partial charge on any atom is 0.326 e. The third-order valence-corrected chi connectivity index (χ3v) is 5.01. The van der Waals surface area contributed by atoms with Gasteiger partial charge in [0, 0.05) is 19.1 Å². The molecule has 2 fully saturated rings. The smallest absolute Gasteiger partial charge is 0.326 e.